The Morgan fingerprint density at radius 2 is 2.16 bits per heavy atom. The molecule has 19 heavy (non-hydrogen) atoms. The molecule has 1 rings (SSSR count). The van der Waals surface area contributed by atoms with Gasteiger partial charge in [-0.05, 0) is 52.9 Å². The quantitative estimate of drug-likeness (QED) is 0.684. The third kappa shape index (κ3) is 5.72. The average molecular weight is 367 g/mol. The molecule has 1 unspecified atom stereocenters. The number of amides is 1. The van der Waals surface area contributed by atoms with Crippen LogP contribution in [0.4, 0.5) is 0 Å². The van der Waals surface area contributed by atoms with E-state index >= 15 is 0 Å². The first-order chi connectivity index (χ1) is 9.08. The maximum atomic E-state index is 12.1. The molecule has 0 saturated carbocycles. The Kier molecular flexibility index (Phi) is 7.81. The SMILES string of the molecule is CCCC(CCCl)CNC(=O)c1cc(Cl)ccc1Br. The van der Waals surface area contributed by atoms with Crippen LogP contribution in [0.1, 0.15) is 36.5 Å². The molecule has 0 bridgehead atoms. The fraction of sp³-hybridized carbons (Fsp3) is 0.500. The van der Waals surface area contributed by atoms with Gasteiger partial charge in [-0.15, -0.1) is 11.6 Å². The van der Waals surface area contributed by atoms with E-state index in [9.17, 15) is 4.79 Å². The second-order valence-corrected chi connectivity index (χ2v) is 6.14. The summed E-state index contributed by atoms with van der Waals surface area (Å²) in [6, 6.07) is 5.19. The first-order valence-corrected chi connectivity index (χ1v) is 8.08. The number of rotatable bonds is 7. The number of halogens is 3. The Hall–Kier alpha value is -0.250. The van der Waals surface area contributed by atoms with Gasteiger partial charge in [0.05, 0.1) is 5.56 Å². The normalized spacial score (nSPS) is 12.2. The number of hydrogen-bond donors (Lipinski definition) is 1. The molecule has 0 aliphatic heterocycles. The Morgan fingerprint density at radius 1 is 1.42 bits per heavy atom. The Morgan fingerprint density at radius 3 is 2.79 bits per heavy atom. The van der Waals surface area contributed by atoms with Crippen LogP contribution in [0.2, 0.25) is 5.02 Å². The molecule has 0 aromatic heterocycles. The van der Waals surface area contributed by atoms with Gasteiger partial charge in [0.25, 0.3) is 5.91 Å². The van der Waals surface area contributed by atoms with Crippen LogP contribution in [0.25, 0.3) is 0 Å². The number of benzene rings is 1. The molecule has 1 N–H and O–H groups in total. The molecular weight excluding hydrogens is 349 g/mol. The topological polar surface area (TPSA) is 29.1 Å². The van der Waals surface area contributed by atoms with Gasteiger partial charge in [-0.25, -0.2) is 0 Å². The fourth-order valence-corrected chi connectivity index (χ4v) is 2.82. The van der Waals surface area contributed by atoms with E-state index < -0.39 is 0 Å². The molecule has 0 spiro atoms. The summed E-state index contributed by atoms with van der Waals surface area (Å²) in [7, 11) is 0. The lowest BCUT2D eigenvalue weighted by atomic mass is 10.0. The zero-order valence-electron chi connectivity index (χ0n) is 10.9. The highest BCUT2D eigenvalue weighted by Gasteiger charge is 2.13. The largest absolute Gasteiger partial charge is 0.352 e. The smallest absolute Gasteiger partial charge is 0.252 e. The molecule has 0 fully saturated rings. The molecule has 0 radical (unpaired) electrons. The fourth-order valence-electron chi connectivity index (χ4n) is 1.91. The lowest BCUT2D eigenvalue weighted by Crippen LogP contribution is -2.29. The summed E-state index contributed by atoms with van der Waals surface area (Å²) in [5, 5.41) is 3.51. The lowest BCUT2D eigenvalue weighted by Gasteiger charge is -2.16. The molecule has 1 atom stereocenters. The van der Waals surface area contributed by atoms with Gasteiger partial charge in [0.2, 0.25) is 0 Å². The Labute approximate surface area is 133 Å². The highest BCUT2D eigenvalue weighted by molar-refractivity contribution is 9.10. The maximum Gasteiger partial charge on any atom is 0.252 e. The van der Waals surface area contributed by atoms with Gasteiger partial charge >= 0.3 is 0 Å². The number of nitrogens with one attached hydrogen (secondary N) is 1. The number of hydrogen-bond acceptors (Lipinski definition) is 1. The minimum absolute atomic E-state index is 0.106. The molecule has 5 heteroatoms. The molecule has 1 aromatic rings. The third-order valence-electron chi connectivity index (χ3n) is 2.94. The first kappa shape index (κ1) is 16.8. The van der Waals surface area contributed by atoms with Crippen LogP contribution < -0.4 is 5.32 Å². The predicted molar refractivity (Wildman–Crippen MR) is 85.2 cm³/mol. The standard InChI is InChI=1S/C14H18BrCl2NO/c1-2-3-10(6-7-16)9-18-14(19)12-8-11(17)4-5-13(12)15/h4-5,8,10H,2-3,6-7,9H2,1H3,(H,18,19). The van der Waals surface area contributed by atoms with Gasteiger partial charge in [0.15, 0.2) is 0 Å². The average Bonchev–Trinajstić information content (AvgIpc) is 2.39. The van der Waals surface area contributed by atoms with Gasteiger partial charge in [-0.3, -0.25) is 4.79 Å². The van der Waals surface area contributed by atoms with Crippen molar-refractivity contribution >= 4 is 45.0 Å². The van der Waals surface area contributed by atoms with Crippen LogP contribution in [-0.2, 0) is 0 Å². The van der Waals surface area contributed by atoms with Crippen molar-refractivity contribution in [2.24, 2.45) is 5.92 Å². The highest BCUT2D eigenvalue weighted by atomic mass is 79.9. The van der Waals surface area contributed by atoms with Crippen LogP contribution in [0, 0.1) is 5.92 Å². The van der Waals surface area contributed by atoms with Gasteiger partial charge < -0.3 is 5.32 Å². The highest BCUT2D eigenvalue weighted by Crippen LogP contribution is 2.21. The molecule has 1 amide bonds. The van der Waals surface area contributed by atoms with Crippen molar-refractivity contribution in [3.05, 3.63) is 33.3 Å². The molecule has 0 saturated heterocycles. The molecule has 1 aromatic carbocycles. The monoisotopic (exact) mass is 365 g/mol. The zero-order valence-corrected chi connectivity index (χ0v) is 14.0. The van der Waals surface area contributed by atoms with Gasteiger partial charge in [0, 0.05) is 21.9 Å². The van der Waals surface area contributed by atoms with Gasteiger partial charge in [0.1, 0.15) is 0 Å². The van der Waals surface area contributed by atoms with Crippen molar-refractivity contribution in [2.45, 2.75) is 26.2 Å². The summed E-state index contributed by atoms with van der Waals surface area (Å²) in [6.45, 7) is 2.79. The lowest BCUT2D eigenvalue weighted by molar-refractivity contribution is 0.0945. The zero-order chi connectivity index (χ0) is 14.3. The molecular formula is C14H18BrCl2NO. The van der Waals surface area contributed by atoms with E-state index in [1.807, 2.05) is 0 Å². The van der Waals surface area contributed by atoms with Crippen LogP contribution in [0.3, 0.4) is 0 Å². The summed E-state index contributed by atoms with van der Waals surface area (Å²) in [6.07, 6.45) is 3.09. The summed E-state index contributed by atoms with van der Waals surface area (Å²) >= 11 is 15.0. The van der Waals surface area contributed by atoms with Crippen molar-refractivity contribution in [3.63, 3.8) is 0 Å². The number of carbonyl (C=O) groups is 1. The summed E-state index contributed by atoms with van der Waals surface area (Å²) in [4.78, 5) is 12.1. The number of alkyl halides is 1. The van der Waals surface area contributed by atoms with E-state index in [0.29, 0.717) is 28.9 Å². The van der Waals surface area contributed by atoms with Crippen LogP contribution in [0.5, 0.6) is 0 Å². The van der Waals surface area contributed by atoms with Crippen molar-refractivity contribution in [3.8, 4) is 0 Å². The van der Waals surface area contributed by atoms with Crippen molar-refractivity contribution in [2.75, 3.05) is 12.4 Å². The van der Waals surface area contributed by atoms with Crippen molar-refractivity contribution < 1.29 is 4.79 Å². The van der Waals surface area contributed by atoms with Crippen molar-refractivity contribution in [1.82, 2.24) is 5.32 Å². The third-order valence-corrected chi connectivity index (χ3v) is 4.08. The maximum absolute atomic E-state index is 12.1. The molecule has 0 aliphatic carbocycles. The first-order valence-electron chi connectivity index (χ1n) is 6.37. The Balaban J connectivity index is 2.61. The minimum Gasteiger partial charge on any atom is -0.352 e. The summed E-state index contributed by atoms with van der Waals surface area (Å²) in [5.41, 5.74) is 0.564. The summed E-state index contributed by atoms with van der Waals surface area (Å²) < 4.78 is 0.749. The molecule has 0 aliphatic rings. The van der Waals surface area contributed by atoms with E-state index in [-0.39, 0.29) is 5.91 Å². The van der Waals surface area contributed by atoms with Crippen LogP contribution in [0.15, 0.2) is 22.7 Å². The molecule has 2 nitrogen and oxygen atoms in total. The second kappa shape index (κ2) is 8.83. The summed E-state index contributed by atoms with van der Waals surface area (Å²) in [5.74, 6) is 0.955. The van der Waals surface area contributed by atoms with Crippen molar-refractivity contribution in [1.29, 1.82) is 0 Å². The van der Waals surface area contributed by atoms with E-state index in [1.165, 1.54) is 0 Å². The van der Waals surface area contributed by atoms with Gasteiger partial charge in [-0.2, -0.15) is 0 Å². The Bertz CT molecular complexity index is 420. The second-order valence-electron chi connectivity index (χ2n) is 4.47. The van der Waals surface area contributed by atoms with Crippen LogP contribution in [-0.4, -0.2) is 18.3 Å². The van der Waals surface area contributed by atoms with E-state index in [4.69, 9.17) is 23.2 Å². The predicted octanol–water partition coefficient (Wildman–Crippen LogP) is 4.88. The van der Waals surface area contributed by atoms with E-state index in [0.717, 1.165) is 23.7 Å². The number of carbonyl (C=O) groups excluding carboxylic acids is 1. The molecule has 0 heterocycles. The van der Waals surface area contributed by atoms with E-state index in [1.54, 1.807) is 18.2 Å². The molecule has 106 valence electrons. The van der Waals surface area contributed by atoms with Gasteiger partial charge in [-0.1, -0.05) is 24.9 Å². The minimum atomic E-state index is -0.106. The van der Waals surface area contributed by atoms with E-state index in [2.05, 4.69) is 28.2 Å². The van der Waals surface area contributed by atoms with Crippen LogP contribution >= 0.6 is 39.1 Å².